The van der Waals surface area contributed by atoms with Crippen LogP contribution in [-0.4, -0.2) is 96.7 Å². The molecule has 19 heteroatoms. The van der Waals surface area contributed by atoms with Gasteiger partial charge < -0.3 is 33.8 Å². The molecule has 0 spiro atoms. The molecule has 0 aliphatic rings. The minimum Gasteiger partial charge on any atom is -0.462 e. The summed E-state index contributed by atoms with van der Waals surface area (Å²) in [6.07, 6.45) is 54.3. The van der Waals surface area contributed by atoms with Crippen molar-refractivity contribution in [3.63, 3.8) is 0 Å². The van der Waals surface area contributed by atoms with Gasteiger partial charge in [0.05, 0.1) is 26.4 Å². The standard InChI is InChI=1S/C77H150O17P2/c1-8-9-10-11-12-13-14-15-16-17-18-19-20-21-26-31-38-46-53-60-76(81)93-72(64-87-74(79)58-51-44-37-30-25-23-22-24-28-34-41-48-55-68(2)3)66-91-95(83,84)89-62-71(78)63-90-96(85,86)92-67-73(65-88-75(80)59-52-45-40-33-36-43-50-57-70(6)7)94-77(82)61-54-47-39-32-27-29-35-42-49-56-69(4)5/h68-73,78H,8-67H2,1-7H3,(H,83,84)(H,85,86)/t71-,72-,73-/m1/s1. The molecule has 0 aliphatic carbocycles. The minimum absolute atomic E-state index is 0.104. The van der Waals surface area contributed by atoms with Gasteiger partial charge in [0, 0.05) is 25.7 Å². The summed E-state index contributed by atoms with van der Waals surface area (Å²) in [6.45, 7) is 11.8. The summed E-state index contributed by atoms with van der Waals surface area (Å²) < 4.78 is 68.5. The highest BCUT2D eigenvalue weighted by molar-refractivity contribution is 7.47. The summed E-state index contributed by atoms with van der Waals surface area (Å²) in [4.78, 5) is 72.8. The molecule has 0 saturated carbocycles. The molecule has 17 nitrogen and oxygen atoms in total. The molecule has 0 amide bonds. The van der Waals surface area contributed by atoms with E-state index >= 15 is 0 Å². The van der Waals surface area contributed by atoms with E-state index in [4.69, 9.17) is 37.0 Å². The highest BCUT2D eigenvalue weighted by Gasteiger charge is 2.30. The number of carbonyl (C=O) groups excluding carboxylic acids is 4. The van der Waals surface area contributed by atoms with Gasteiger partial charge in [0.25, 0.3) is 0 Å². The van der Waals surface area contributed by atoms with Crippen LogP contribution in [0.3, 0.4) is 0 Å². The second-order valence-corrected chi connectivity index (χ2v) is 32.1. The Morgan fingerprint density at radius 3 is 0.708 bits per heavy atom. The Morgan fingerprint density at radius 1 is 0.281 bits per heavy atom. The van der Waals surface area contributed by atoms with Crippen LogP contribution in [0, 0.1) is 17.8 Å². The fourth-order valence-corrected chi connectivity index (χ4v) is 13.4. The van der Waals surface area contributed by atoms with Gasteiger partial charge >= 0.3 is 39.5 Å². The summed E-state index contributed by atoms with van der Waals surface area (Å²) in [6, 6.07) is 0. The van der Waals surface area contributed by atoms with Gasteiger partial charge in [-0.1, -0.05) is 344 Å². The van der Waals surface area contributed by atoms with Gasteiger partial charge in [-0.15, -0.1) is 0 Å². The van der Waals surface area contributed by atoms with Gasteiger partial charge in [-0.25, -0.2) is 9.13 Å². The third-order valence-electron chi connectivity index (χ3n) is 17.9. The lowest BCUT2D eigenvalue weighted by molar-refractivity contribution is -0.161. The predicted molar refractivity (Wildman–Crippen MR) is 391 cm³/mol. The molecule has 0 bridgehead atoms. The Morgan fingerprint density at radius 2 is 0.479 bits per heavy atom. The van der Waals surface area contributed by atoms with E-state index in [9.17, 15) is 43.2 Å². The molecule has 570 valence electrons. The monoisotopic (exact) mass is 1410 g/mol. The fraction of sp³-hybridized carbons (Fsp3) is 0.948. The maximum absolute atomic E-state index is 13.1. The number of unbranched alkanes of at least 4 members (excludes halogenated alkanes) is 43. The van der Waals surface area contributed by atoms with E-state index in [2.05, 4.69) is 48.5 Å². The first-order valence-electron chi connectivity index (χ1n) is 39.8. The lowest BCUT2D eigenvalue weighted by Gasteiger charge is -2.21. The Kier molecular flexibility index (Phi) is 66.2. The van der Waals surface area contributed by atoms with Crippen LogP contribution in [0.5, 0.6) is 0 Å². The van der Waals surface area contributed by atoms with E-state index in [-0.39, 0.29) is 25.7 Å². The van der Waals surface area contributed by atoms with Gasteiger partial charge in [-0.05, 0) is 43.4 Å². The molecule has 0 fully saturated rings. The predicted octanol–water partition coefficient (Wildman–Crippen LogP) is 22.6. The first-order chi connectivity index (χ1) is 46.2. The van der Waals surface area contributed by atoms with Crippen molar-refractivity contribution >= 4 is 39.5 Å². The van der Waals surface area contributed by atoms with Crippen LogP contribution >= 0.6 is 15.6 Å². The largest absolute Gasteiger partial charge is 0.472 e. The molecule has 0 heterocycles. The van der Waals surface area contributed by atoms with Crippen LogP contribution in [-0.2, 0) is 65.4 Å². The summed E-state index contributed by atoms with van der Waals surface area (Å²) >= 11 is 0. The summed E-state index contributed by atoms with van der Waals surface area (Å²) in [5.74, 6) is 0.105. The van der Waals surface area contributed by atoms with E-state index < -0.39 is 97.5 Å². The molecule has 0 rings (SSSR count). The van der Waals surface area contributed by atoms with Crippen molar-refractivity contribution in [2.45, 2.75) is 414 Å². The third kappa shape index (κ3) is 70.5. The molecule has 0 aromatic rings. The molecule has 0 aromatic carbocycles. The molecular weight excluding hydrogens is 1260 g/mol. The number of phosphoric ester groups is 2. The molecule has 96 heavy (non-hydrogen) atoms. The van der Waals surface area contributed by atoms with Crippen LogP contribution in [0.15, 0.2) is 0 Å². The van der Waals surface area contributed by atoms with E-state index in [1.165, 1.54) is 199 Å². The molecule has 0 saturated heterocycles. The van der Waals surface area contributed by atoms with Crippen molar-refractivity contribution in [2.75, 3.05) is 39.6 Å². The number of hydrogen-bond acceptors (Lipinski definition) is 15. The van der Waals surface area contributed by atoms with Gasteiger partial charge in [0.1, 0.15) is 19.3 Å². The quantitative estimate of drug-likeness (QED) is 0.0222. The molecule has 0 radical (unpaired) electrons. The van der Waals surface area contributed by atoms with Crippen molar-refractivity contribution in [1.82, 2.24) is 0 Å². The van der Waals surface area contributed by atoms with Crippen molar-refractivity contribution in [3.05, 3.63) is 0 Å². The molecule has 2 unspecified atom stereocenters. The Balaban J connectivity index is 5.23. The molecular formula is C77H150O17P2. The van der Waals surface area contributed by atoms with Gasteiger partial charge in [0.15, 0.2) is 12.2 Å². The summed E-state index contributed by atoms with van der Waals surface area (Å²) in [7, 11) is -9.91. The molecule has 3 N–H and O–H groups in total. The number of esters is 4. The Hall–Kier alpha value is -1.94. The maximum atomic E-state index is 13.1. The van der Waals surface area contributed by atoms with Crippen LogP contribution in [0.2, 0.25) is 0 Å². The number of ether oxygens (including phenoxy) is 4. The number of rotatable bonds is 75. The Bertz CT molecular complexity index is 1870. The van der Waals surface area contributed by atoms with Crippen molar-refractivity contribution < 1.29 is 80.2 Å². The normalized spacial score (nSPS) is 14.1. The highest BCUT2D eigenvalue weighted by Crippen LogP contribution is 2.45. The zero-order chi connectivity index (χ0) is 70.9. The summed E-state index contributed by atoms with van der Waals surface area (Å²) in [5, 5.41) is 10.6. The molecule has 0 aliphatic heterocycles. The van der Waals surface area contributed by atoms with Crippen molar-refractivity contribution in [3.8, 4) is 0 Å². The van der Waals surface area contributed by atoms with E-state index in [0.29, 0.717) is 31.6 Å². The van der Waals surface area contributed by atoms with E-state index in [1.807, 2.05) is 0 Å². The van der Waals surface area contributed by atoms with Crippen molar-refractivity contribution in [1.29, 1.82) is 0 Å². The van der Waals surface area contributed by atoms with E-state index in [1.54, 1.807) is 0 Å². The second-order valence-electron chi connectivity index (χ2n) is 29.2. The van der Waals surface area contributed by atoms with Gasteiger partial charge in [-0.2, -0.15) is 0 Å². The van der Waals surface area contributed by atoms with Gasteiger partial charge in [0.2, 0.25) is 0 Å². The molecule has 5 atom stereocenters. The van der Waals surface area contributed by atoms with Crippen molar-refractivity contribution in [2.24, 2.45) is 17.8 Å². The van der Waals surface area contributed by atoms with Crippen LogP contribution in [0.1, 0.15) is 395 Å². The zero-order valence-electron chi connectivity index (χ0n) is 62.8. The number of hydrogen-bond donors (Lipinski definition) is 3. The number of phosphoric acid groups is 2. The topological polar surface area (TPSA) is 237 Å². The lowest BCUT2D eigenvalue weighted by atomic mass is 10.0. The van der Waals surface area contributed by atoms with Crippen LogP contribution in [0.4, 0.5) is 0 Å². The summed E-state index contributed by atoms with van der Waals surface area (Å²) in [5.41, 5.74) is 0. The smallest absolute Gasteiger partial charge is 0.462 e. The van der Waals surface area contributed by atoms with Crippen LogP contribution < -0.4 is 0 Å². The third-order valence-corrected chi connectivity index (χ3v) is 19.8. The second kappa shape index (κ2) is 67.5. The van der Waals surface area contributed by atoms with Gasteiger partial charge in [-0.3, -0.25) is 37.3 Å². The first kappa shape index (κ1) is 94.1. The number of aliphatic hydroxyl groups is 1. The van der Waals surface area contributed by atoms with E-state index in [0.717, 1.165) is 108 Å². The molecule has 0 aromatic heterocycles. The first-order valence-corrected chi connectivity index (χ1v) is 42.8. The van der Waals surface area contributed by atoms with Crippen LogP contribution in [0.25, 0.3) is 0 Å². The number of carbonyl (C=O) groups is 4. The maximum Gasteiger partial charge on any atom is 0.472 e. The zero-order valence-corrected chi connectivity index (χ0v) is 64.6. The average molecular weight is 1410 g/mol. The SMILES string of the molecule is CCCCCCCCCCCCCCCCCCCCCC(=O)O[C@H](COC(=O)CCCCCCCCCCCCCCC(C)C)COP(=O)(O)OC[C@@H](O)COP(=O)(O)OC[C@@H](COC(=O)CCCCCCCCCC(C)C)OC(=O)CCCCCCCCCCCC(C)C. The number of aliphatic hydroxyl groups excluding tert-OH is 1. The fourth-order valence-electron chi connectivity index (χ4n) is 11.8. The Labute approximate surface area is 588 Å². The lowest BCUT2D eigenvalue weighted by Crippen LogP contribution is -2.30. The average Bonchev–Trinajstić information content (AvgIpc) is 1.82. The minimum atomic E-state index is -4.96. The highest BCUT2D eigenvalue weighted by atomic mass is 31.2.